The summed E-state index contributed by atoms with van der Waals surface area (Å²) < 4.78 is 10.7. The summed E-state index contributed by atoms with van der Waals surface area (Å²) in [5.74, 6) is 0.604. The summed E-state index contributed by atoms with van der Waals surface area (Å²) >= 11 is 0. The van der Waals surface area contributed by atoms with Crippen LogP contribution in [0.3, 0.4) is 0 Å². The normalized spacial score (nSPS) is 11.3. The second-order valence-corrected chi connectivity index (χ2v) is 4.16. The molecule has 0 heterocycles. The second-order valence-electron chi connectivity index (χ2n) is 4.16. The molecule has 1 atom stereocenters. The minimum Gasteiger partial charge on any atom is -0.492 e. The zero-order valence-electron chi connectivity index (χ0n) is 11.6. The lowest BCUT2D eigenvalue weighted by molar-refractivity contribution is -0.144. The van der Waals surface area contributed by atoms with Crippen LogP contribution >= 0.6 is 12.4 Å². The van der Waals surface area contributed by atoms with E-state index in [1.54, 1.807) is 6.92 Å². The Kier molecular flexibility index (Phi) is 9.00. The average molecular weight is 288 g/mol. The average Bonchev–Trinajstić information content (AvgIpc) is 2.42. The number of likely N-dealkylation sites (N-methyl/N-ethyl adjacent to an activating group) is 1. The van der Waals surface area contributed by atoms with E-state index in [-0.39, 0.29) is 18.4 Å². The van der Waals surface area contributed by atoms with E-state index in [0.29, 0.717) is 25.7 Å². The lowest BCUT2D eigenvalue weighted by Crippen LogP contribution is -2.28. The second kappa shape index (κ2) is 9.64. The molecule has 5 heteroatoms. The van der Waals surface area contributed by atoms with E-state index in [9.17, 15) is 4.79 Å². The molecule has 19 heavy (non-hydrogen) atoms. The summed E-state index contributed by atoms with van der Waals surface area (Å²) in [6.45, 7) is 4.73. The summed E-state index contributed by atoms with van der Waals surface area (Å²) in [4.78, 5) is 11.1. The van der Waals surface area contributed by atoms with Crippen molar-refractivity contribution in [2.24, 2.45) is 0 Å². The van der Waals surface area contributed by atoms with Gasteiger partial charge < -0.3 is 14.8 Å². The molecule has 0 aliphatic carbocycles. The summed E-state index contributed by atoms with van der Waals surface area (Å²) in [5.41, 5.74) is 0.936. The molecule has 0 radical (unpaired) electrons. The van der Waals surface area contributed by atoms with E-state index >= 15 is 0 Å². The van der Waals surface area contributed by atoms with Crippen molar-refractivity contribution in [1.82, 2.24) is 5.32 Å². The molecule has 1 aromatic carbocycles. The maximum Gasteiger partial charge on any atom is 0.305 e. The Labute approximate surface area is 120 Å². The smallest absolute Gasteiger partial charge is 0.305 e. The predicted molar refractivity (Wildman–Crippen MR) is 77.8 cm³/mol. The van der Waals surface area contributed by atoms with Gasteiger partial charge in [0.2, 0.25) is 0 Å². The van der Waals surface area contributed by atoms with Crippen LogP contribution in [-0.2, 0) is 16.1 Å². The molecule has 1 rings (SSSR count). The molecule has 0 aromatic heterocycles. The molecule has 0 unspecified atom stereocenters. The van der Waals surface area contributed by atoms with Gasteiger partial charge in [0.15, 0.2) is 0 Å². The van der Waals surface area contributed by atoms with Gasteiger partial charge in [0, 0.05) is 12.5 Å². The van der Waals surface area contributed by atoms with Crippen LogP contribution < -0.4 is 10.1 Å². The quantitative estimate of drug-likeness (QED) is 0.783. The fraction of sp³-hybridized carbons (Fsp3) is 0.500. The predicted octanol–water partition coefficient (Wildman–Crippen LogP) is 2.55. The fourth-order valence-electron chi connectivity index (χ4n) is 1.30. The molecule has 108 valence electrons. The van der Waals surface area contributed by atoms with Crippen molar-refractivity contribution < 1.29 is 14.3 Å². The molecule has 1 aromatic rings. The first-order valence-electron chi connectivity index (χ1n) is 6.20. The molecule has 0 spiro atoms. The van der Waals surface area contributed by atoms with Crippen molar-refractivity contribution >= 4 is 18.4 Å². The van der Waals surface area contributed by atoms with Crippen LogP contribution in [0.15, 0.2) is 24.3 Å². The summed E-state index contributed by atoms with van der Waals surface area (Å²) in [6.07, 6.45) is 0.399. The lowest BCUT2D eigenvalue weighted by atomic mass is 10.2. The van der Waals surface area contributed by atoms with Gasteiger partial charge in [-0.3, -0.25) is 4.79 Å². The Morgan fingerprint density at radius 2 is 2.16 bits per heavy atom. The number of hydrogen-bond donors (Lipinski definition) is 1. The number of esters is 1. The first kappa shape index (κ1) is 17.7. The standard InChI is InChI=1S/C14H21NO3.ClH/c1-4-14(16)18-10-12-6-5-7-13(8-12)17-9-11(2)15-3;/h5-8,11,15H,4,9-10H2,1-3H3;1H/t11-;/m0./s1. The van der Waals surface area contributed by atoms with Crippen LogP contribution in [0.5, 0.6) is 5.75 Å². The topological polar surface area (TPSA) is 47.6 Å². The molecule has 0 saturated heterocycles. The van der Waals surface area contributed by atoms with Crippen molar-refractivity contribution in [2.75, 3.05) is 13.7 Å². The van der Waals surface area contributed by atoms with Gasteiger partial charge in [-0.25, -0.2) is 0 Å². The van der Waals surface area contributed by atoms with Gasteiger partial charge in [-0.15, -0.1) is 12.4 Å². The highest BCUT2D eigenvalue weighted by Crippen LogP contribution is 2.14. The minimum atomic E-state index is -0.190. The molecule has 0 fully saturated rings. The first-order valence-corrected chi connectivity index (χ1v) is 6.20. The van der Waals surface area contributed by atoms with Crippen LogP contribution in [-0.4, -0.2) is 25.7 Å². The number of benzene rings is 1. The van der Waals surface area contributed by atoms with Crippen LogP contribution in [0.2, 0.25) is 0 Å². The summed E-state index contributed by atoms with van der Waals surface area (Å²) in [6, 6.07) is 7.90. The number of ether oxygens (including phenoxy) is 2. The summed E-state index contributed by atoms with van der Waals surface area (Å²) in [5, 5.41) is 3.10. The lowest BCUT2D eigenvalue weighted by Gasteiger charge is -2.12. The number of carbonyl (C=O) groups excluding carboxylic acids is 1. The van der Waals surface area contributed by atoms with Crippen LogP contribution in [0, 0.1) is 0 Å². The van der Waals surface area contributed by atoms with Gasteiger partial charge in [0.1, 0.15) is 19.0 Å². The van der Waals surface area contributed by atoms with Crippen molar-refractivity contribution in [3.8, 4) is 5.75 Å². The highest BCUT2D eigenvalue weighted by atomic mass is 35.5. The van der Waals surface area contributed by atoms with Crippen LogP contribution in [0.25, 0.3) is 0 Å². The van der Waals surface area contributed by atoms with Crippen molar-refractivity contribution in [2.45, 2.75) is 32.9 Å². The third-order valence-corrected chi connectivity index (χ3v) is 2.58. The maximum atomic E-state index is 11.1. The third kappa shape index (κ3) is 7.03. The molecule has 0 saturated carbocycles. The number of nitrogens with one attached hydrogen (secondary N) is 1. The highest BCUT2D eigenvalue weighted by Gasteiger charge is 2.03. The molecule has 0 amide bonds. The molecule has 0 aliphatic heterocycles. The van der Waals surface area contributed by atoms with Gasteiger partial charge in [0.25, 0.3) is 0 Å². The Hall–Kier alpha value is -1.26. The van der Waals surface area contributed by atoms with Crippen molar-refractivity contribution in [3.63, 3.8) is 0 Å². The fourth-order valence-corrected chi connectivity index (χ4v) is 1.30. The maximum absolute atomic E-state index is 11.1. The Balaban J connectivity index is 0.00000324. The highest BCUT2D eigenvalue weighted by molar-refractivity contribution is 5.85. The minimum absolute atomic E-state index is 0. The molecular weight excluding hydrogens is 266 g/mol. The van der Waals surface area contributed by atoms with E-state index in [2.05, 4.69) is 5.32 Å². The zero-order valence-corrected chi connectivity index (χ0v) is 12.5. The van der Waals surface area contributed by atoms with Gasteiger partial charge in [-0.2, -0.15) is 0 Å². The van der Waals surface area contributed by atoms with Gasteiger partial charge >= 0.3 is 5.97 Å². The van der Waals surface area contributed by atoms with Crippen LogP contribution in [0.4, 0.5) is 0 Å². The van der Waals surface area contributed by atoms with E-state index in [4.69, 9.17) is 9.47 Å². The van der Waals surface area contributed by atoms with Crippen molar-refractivity contribution in [3.05, 3.63) is 29.8 Å². The number of halogens is 1. The van der Waals surface area contributed by atoms with E-state index in [0.717, 1.165) is 11.3 Å². The van der Waals surface area contributed by atoms with E-state index in [1.807, 2.05) is 38.2 Å². The largest absolute Gasteiger partial charge is 0.492 e. The van der Waals surface area contributed by atoms with Crippen molar-refractivity contribution in [1.29, 1.82) is 0 Å². The SMILES string of the molecule is CCC(=O)OCc1cccc(OC[C@H](C)NC)c1.Cl. The molecule has 1 N–H and O–H groups in total. The first-order chi connectivity index (χ1) is 8.65. The monoisotopic (exact) mass is 287 g/mol. The van der Waals surface area contributed by atoms with Gasteiger partial charge in [-0.1, -0.05) is 19.1 Å². The van der Waals surface area contributed by atoms with Gasteiger partial charge in [0.05, 0.1) is 0 Å². The number of hydrogen-bond acceptors (Lipinski definition) is 4. The zero-order chi connectivity index (χ0) is 13.4. The van der Waals surface area contributed by atoms with E-state index in [1.165, 1.54) is 0 Å². The van der Waals surface area contributed by atoms with Crippen LogP contribution in [0.1, 0.15) is 25.8 Å². The molecule has 0 aliphatic rings. The van der Waals surface area contributed by atoms with Gasteiger partial charge in [-0.05, 0) is 31.7 Å². The Morgan fingerprint density at radius 3 is 2.79 bits per heavy atom. The summed E-state index contributed by atoms with van der Waals surface area (Å²) in [7, 11) is 1.90. The molecule has 4 nitrogen and oxygen atoms in total. The third-order valence-electron chi connectivity index (χ3n) is 2.58. The molecular formula is C14H22ClNO3. The van der Waals surface area contributed by atoms with E-state index < -0.39 is 0 Å². The molecule has 0 bridgehead atoms. The Bertz CT molecular complexity index is 385. The number of carbonyl (C=O) groups is 1. The number of rotatable bonds is 7. The Morgan fingerprint density at radius 1 is 1.42 bits per heavy atom.